The van der Waals surface area contributed by atoms with Gasteiger partial charge in [-0.3, -0.25) is 0 Å². The van der Waals surface area contributed by atoms with Crippen LogP contribution in [0.15, 0.2) is 28.8 Å². The number of nitrogens with zero attached hydrogens (tertiary/aromatic N) is 2. The van der Waals surface area contributed by atoms with Crippen LogP contribution >= 0.6 is 0 Å². The van der Waals surface area contributed by atoms with Crippen molar-refractivity contribution in [3.63, 3.8) is 0 Å². The Morgan fingerprint density at radius 1 is 1.47 bits per heavy atom. The first-order valence-electron chi connectivity index (χ1n) is 5.28. The van der Waals surface area contributed by atoms with Crippen molar-refractivity contribution in [2.75, 3.05) is 6.61 Å². The number of aryl methyl sites for hydroxylation is 1. The van der Waals surface area contributed by atoms with Crippen molar-refractivity contribution in [1.82, 2.24) is 10.1 Å². The average molecular weight is 232 g/mol. The molecule has 1 aromatic heterocycles. The van der Waals surface area contributed by atoms with Crippen molar-refractivity contribution in [3.8, 4) is 11.4 Å². The molecule has 0 fully saturated rings. The Balaban J connectivity index is 2.27. The SMILES string of the molecule is CCOC(=O)c1nc(-c2cccc(C)c2)no1. The normalized spacial score (nSPS) is 10.2. The lowest BCUT2D eigenvalue weighted by Gasteiger charge is -1.95. The second kappa shape index (κ2) is 4.78. The molecular formula is C12H12N2O3. The third-order valence-electron chi connectivity index (χ3n) is 2.15. The molecule has 0 saturated heterocycles. The number of rotatable bonds is 3. The fourth-order valence-electron chi connectivity index (χ4n) is 1.40. The van der Waals surface area contributed by atoms with Crippen LogP contribution < -0.4 is 0 Å². The molecule has 0 bridgehead atoms. The molecule has 0 aliphatic carbocycles. The average Bonchev–Trinajstić information content (AvgIpc) is 2.78. The van der Waals surface area contributed by atoms with E-state index in [4.69, 9.17) is 9.26 Å². The minimum absolute atomic E-state index is 0.122. The maximum absolute atomic E-state index is 11.3. The molecule has 1 heterocycles. The largest absolute Gasteiger partial charge is 0.459 e. The predicted molar refractivity (Wildman–Crippen MR) is 60.4 cm³/mol. The highest BCUT2D eigenvalue weighted by atomic mass is 16.6. The quantitative estimate of drug-likeness (QED) is 0.759. The molecule has 0 unspecified atom stereocenters. The van der Waals surface area contributed by atoms with Crippen molar-refractivity contribution < 1.29 is 14.1 Å². The van der Waals surface area contributed by atoms with E-state index in [2.05, 4.69) is 10.1 Å². The summed E-state index contributed by atoms with van der Waals surface area (Å²) < 4.78 is 9.60. The second-order valence-electron chi connectivity index (χ2n) is 3.51. The molecule has 0 atom stereocenters. The summed E-state index contributed by atoms with van der Waals surface area (Å²) in [6.45, 7) is 3.96. The minimum atomic E-state index is -0.598. The van der Waals surface area contributed by atoms with Gasteiger partial charge >= 0.3 is 11.9 Å². The Morgan fingerprint density at radius 3 is 3.00 bits per heavy atom. The third kappa shape index (κ3) is 2.50. The smallest absolute Gasteiger partial charge is 0.397 e. The van der Waals surface area contributed by atoms with E-state index in [-0.39, 0.29) is 12.5 Å². The van der Waals surface area contributed by atoms with Crippen molar-refractivity contribution in [3.05, 3.63) is 35.7 Å². The first-order chi connectivity index (χ1) is 8.20. The zero-order valence-electron chi connectivity index (χ0n) is 9.64. The number of carbonyl (C=O) groups is 1. The number of aromatic nitrogens is 2. The first-order valence-corrected chi connectivity index (χ1v) is 5.28. The lowest BCUT2D eigenvalue weighted by atomic mass is 10.1. The number of carbonyl (C=O) groups excluding carboxylic acids is 1. The van der Waals surface area contributed by atoms with Crippen LogP contribution in [0, 0.1) is 6.92 Å². The van der Waals surface area contributed by atoms with Gasteiger partial charge in [-0.15, -0.1) is 0 Å². The van der Waals surface area contributed by atoms with Crippen LogP contribution in [0.3, 0.4) is 0 Å². The molecule has 0 aliphatic heterocycles. The van der Waals surface area contributed by atoms with Gasteiger partial charge in [0.05, 0.1) is 6.61 Å². The lowest BCUT2D eigenvalue weighted by Crippen LogP contribution is -2.04. The van der Waals surface area contributed by atoms with Gasteiger partial charge in [0.15, 0.2) is 0 Å². The summed E-state index contributed by atoms with van der Waals surface area (Å²) in [5.74, 6) is -0.334. The number of ether oxygens (including phenoxy) is 1. The van der Waals surface area contributed by atoms with Gasteiger partial charge in [0.25, 0.3) is 0 Å². The molecule has 5 heteroatoms. The molecule has 88 valence electrons. The summed E-state index contributed by atoms with van der Waals surface area (Å²) >= 11 is 0. The third-order valence-corrected chi connectivity index (χ3v) is 2.15. The van der Waals surface area contributed by atoms with E-state index in [0.717, 1.165) is 11.1 Å². The fraction of sp³-hybridized carbons (Fsp3) is 0.250. The maximum atomic E-state index is 11.3. The Bertz CT molecular complexity index is 534. The van der Waals surface area contributed by atoms with Gasteiger partial charge in [0.2, 0.25) is 5.82 Å². The topological polar surface area (TPSA) is 65.2 Å². The number of esters is 1. The molecule has 0 amide bonds. The van der Waals surface area contributed by atoms with Crippen LogP contribution in [0.5, 0.6) is 0 Å². The van der Waals surface area contributed by atoms with E-state index in [9.17, 15) is 4.79 Å². The molecule has 2 rings (SSSR count). The first kappa shape index (κ1) is 11.3. The van der Waals surface area contributed by atoms with E-state index in [1.165, 1.54) is 0 Å². The van der Waals surface area contributed by atoms with Gasteiger partial charge in [0, 0.05) is 5.56 Å². The maximum Gasteiger partial charge on any atom is 0.397 e. The van der Waals surface area contributed by atoms with Gasteiger partial charge in [-0.25, -0.2) is 4.79 Å². The van der Waals surface area contributed by atoms with Crippen molar-refractivity contribution in [2.24, 2.45) is 0 Å². The van der Waals surface area contributed by atoms with Crippen molar-refractivity contribution >= 4 is 5.97 Å². The summed E-state index contributed by atoms with van der Waals surface area (Å²) in [7, 11) is 0. The van der Waals surface area contributed by atoms with Gasteiger partial charge in [-0.05, 0) is 19.9 Å². The van der Waals surface area contributed by atoms with Crippen LogP contribution in [0.2, 0.25) is 0 Å². The van der Waals surface area contributed by atoms with Crippen molar-refractivity contribution in [1.29, 1.82) is 0 Å². The molecule has 0 N–H and O–H groups in total. The monoisotopic (exact) mass is 232 g/mol. The van der Waals surface area contributed by atoms with Crippen LogP contribution in [-0.2, 0) is 4.74 Å². The zero-order chi connectivity index (χ0) is 12.3. The molecule has 17 heavy (non-hydrogen) atoms. The highest BCUT2D eigenvalue weighted by molar-refractivity contribution is 5.84. The highest BCUT2D eigenvalue weighted by Crippen LogP contribution is 2.17. The number of hydrogen-bond acceptors (Lipinski definition) is 5. The molecule has 0 spiro atoms. The Hall–Kier alpha value is -2.17. The number of hydrogen-bond donors (Lipinski definition) is 0. The Morgan fingerprint density at radius 2 is 2.29 bits per heavy atom. The molecular weight excluding hydrogens is 220 g/mol. The standard InChI is InChI=1S/C12H12N2O3/c1-3-16-12(15)11-13-10(14-17-11)9-6-4-5-8(2)7-9/h4-7H,3H2,1-2H3. The highest BCUT2D eigenvalue weighted by Gasteiger charge is 2.16. The summed E-state index contributed by atoms with van der Waals surface area (Å²) in [4.78, 5) is 15.3. The summed E-state index contributed by atoms with van der Waals surface area (Å²) in [6, 6.07) is 7.63. The van der Waals surface area contributed by atoms with Crippen molar-refractivity contribution in [2.45, 2.75) is 13.8 Å². The van der Waals surface area contributed by atoms with Gasteiger partial charge in [-0.2, -0.15) is 4.98 Å². The van der Waals surface area contributed by atoms with Gasteiger partial charge < -0.3 is 9.26 Å². The molecule has 1 aromatic carbocycles. The van der Waals surface area contributed by atoms with Crippen LogP contribution in [0.1, 0.15) is 23.2 Å². The predicted octanol–water partition coefficient (Wildman–Crippen LogP) is 2.22. The Kier molecular flexibility index (Phi) is 3.18. The number of benzene rings is 1. The van der Waals surface area contributed by atoms with E-state index >= 15 is 0 Å². The van der Waals surface area contributed by atoms with E-state index < -0.39 is 5.97 Å². The molecule has 0 saturated carbocycles. The second-order valence-corrected chi connectivity index (χ2v) is 3.51. The molecule has 2 aromatic rings. The molecule has 5 nitrogen and oxygen atoms in total. The zero-order valence-corrected chi connectivity index (χ0v) is 9.64. The molecule has 0 aliphatic rings. The fourth-order valence-corrected chi connectivity index (χ4v) is 1.40. The van der Waals surface area contributed by atoms with Crippen LogP contribution in [0.4, 0.5) is 0 Å². The summed E-state index contributed by atoms with van der Waals surface area (Å²) in [5, 5.41) is 3.74. The van der Waals surface area contributed by atoms with Gasteiger partial charge in [0.1, 0.15) is 0 Å². The molecule has 0 radical (unpaired) electrons. The van der Waals surface area contributed by atoms with Gasteiger partial charge in [-0.1, -0.05) is 28.9 Å². The van der Waals surface area contributed by atoms with E-state index in [0.29, 0.717) is 5.82 Å². The Labute approximate surface area is 98.4 Å². The van der Waals surface area contributed by atoms with E-state index in [1.807, 2.05) is 31.2 Å². The lowest BCUT2D eigenvalue weighted by molar-refractivity contribution is 0.0470. The summed E-state index contributed by atoms with van der Waals surface area (Å²) in [5.41, 5.74) is 1.90. The van der Waals surface area contributed by atoms with Crippen LogP contribution in [-0.4, -0.2) is 22.7 Å². The van der Waals surface area contributed by atoms with Crippen LogP contribution in [0.25, 0.3) is 11.4 Å². The minimum Gasteiger partial charge on any atom is -0.459 e. The summed E-state index contributed by atoms with van der Waals surface area (Å²) in [6.07, 6.45) is 0. The van der Waals surface area contributed by atoms with E-state index in [1.54, 1.807) is 6.92 Å².